The number of aromatic nitrogens is 3. The van der Waals surface area contributed by atoms with E-state index in [-0.39, 0.29) is 0 Å². The van der Waals surface area contributed by atoms with Gasteiger partial charge in [0, 0.05) is 23.3 Å². The maximum Gasteiger partial charge on any atom is 0.204 e. The van der Waals surface area contributed by atoms with Crippen molar-refractivity contribution < 1.29 is 13.9 Å². The highest BCUT2D eigenvalue weighted by atomic mass is 32.1. The third-order valence-corrected chi connectivity index (χ3v) is 5.68. The van der Waals surface area contributed by atoms with Gasteiger partial charge in [0.1, 0.15) is 10.7 Å². The lowest BCUT2D eigenvalue weighted by Gasteiger charge is -2.23. The van der Waals surface area contributed by atoms with Crippen LogP contribution in [0.1, 0.15) is 24.1 Å². The second-order valence-electron chi connectivity index (χ2n) is 6.33. The topological polar surface area (TPSA) is 70.3 Å². The van der Waals surface area contributed by atoms with Gasteiger partial charge in [-0.25, -0.2) is 9.97 Å². The minimum Gasteiger partial charge on any atom is -0.462 e. The first-order valence-corrected chi connectivity index (χ1v) is 9.61. The smallest absolute Gasteiger partial charge is 0.204 e. The molecule has 0 atom stereocenters. The standard InChI is InChI=1S/C20H17N3O3S/c1-12-18(27-19(22-12)14-4-2-6-21-11-14)15-10-13-5-9-24-17(13)16(23-15)20-25-7-3-8-26-20/h2,4-6,9-11,20H,3,7-8H2,1H3. The SMILES string of the molecule is Cc1nc(-c2cccnc2)sc1-c1cc2ccoc2c(C2OCCCO2)n1. The van der Waals surface area contributed by atoms with E-state index in [1.54, 1.807) is 23.8 Å². The minimum atomic E-state index is -0.502. The molecule has 0 unspecified atom stereocenters. The van der Waals surface area contributed by atoms with Gasteiger partial charge >= 0.3 is 0 Å². The van der Waals surface area contributed by atoms with Crippen molar-refractivity contribution in [3.63, 3.8) is 0 Å². The zero-order valence-electron chi connectivity index (χ0n) is 14.7. The number of fused-ring (bicyclic) bond motifs is 1. The lowest BCUT2D eigenvalue weighted by atomic mass is 10.2. The fourth-order valence-corrected chi connectivity index (χ4v) is 4.19. The molecule has 5 heterocycles. The zero-order valence-corrected chi connectivity index (χ0v) is 15.5. The first-order chi connectivity index (χ1) is 13.3. The van der Waals surface area contributed by atoms with E-state index in [2.05, 4.69) is 4.98 Å². The van der Waals surface area contributed by atoms with Crippen molar-refractivity contribution >= 4 is 22.3 Å². The molecule has 6 nitrogen and oxygen atoms in total. The molecule has 27 heavy (non-hydrogen) atoms. The third-order valence-electron chi connectivity index (χ3n) is 4.45. The van der Waals surface area contributed by atoms with Crippen LogP contribution in [-0.2, 0) is 9.47 Å². The number of furan rings is 1. The van der Waals surface area contributed by atoms with Crippen LogP contribution < -0.4 is 0 Å². The van der Waals surface area contributed by atoms with Gasteiger partial charge in [0.05, 0.1) is 35.7 Å². The van der Waals surface area contributed by atoms with Gasteiger partial charge < -0.3 is 13.9 Å². The van der Waals surface area contributed by atoms with Crippen molar-refractivity contribution in [1.82, 2.24) is 15.0 Å². The van der Waals surface area contributed by atoms with Crippen LogP contribution >= 0.6 is 11.3 Å². The van der Waals surface area contributed by atoms with E-state index in [9.17, 15) is 0 Å². The Bertz CT molecular complexity index is 1080. The first-order valence-electron chi connectivity index (χ1n) is 8.79. The number of pyridine rings is 2. The van der Waals surface area contributed by atoms with Crippen LogP contribution in [0.5, 0.6) is 0 Å². The molecule has 1 saturated heterocycles. The van der Waals surface area contributed by atoms with E-state index in [4.69, 9.17) is 23.9 Å². The summed E-state index contributed by atoms with van der Waals surface area (Å²) >= 11 is 1.61. The highest BCUT2D eigenvalue weighted by molar-refractivity contribution is 7.18. The Balaban J connectivity index is 1.62. The largest absolute Gasteiger partial charge is 0.462 e. The summed E-state index contributed by atoms with van der Waals surface area (Å²) in [7, 11) is 0. The van der Waals surface area contributed by atoms with E-state index in [1.807, 2.05) is 37.4 Å². The summed E-state index contributed by atoms with van der Waals surface area (Å²) in [6.07, 6.45) is 5.64. The molecule has 136 valence electrons. The van der Waals surface area contributed by atoms with Crippen LogP contribution in [0.4, 0.5) is 0 Å². The van der Waals surface area contributed by atoms with E-state index in [1.165, 1.54) is 0 Å². The average molecular weight is 379 g/mol. The van der Waals surface area contributed by atoms with Crippen LogP contribution in [0, 0.1) is 6.92 Å². The quantitative estimate of drug-likeness (QED) is 0.511. The fraction of sp³-hybridized carbons (Fsp3) is 0.250. The van der Waals surface area contributed by atoms with Crippen LogP contribution in [0.2, 0.25) is 0 Å². The van der Waals surface area contributed by atoms with Gasteiger partial charge in [-0.2, -0.15) is 0 Å². The molecule has 1 aliphatic heterocycles. The molecular formula is C20H17N3O3S. The molecule has 4 aromatic rings. The van der Waals surface area contributed by atoms with Crippen molar-refractivity contribution in [2.45, 2.75) is 19.6 Å². The number of aryl methyl sites for hydroxylation is 1. The first kappa shape index (κ1) is 16.6. The van der Waals surface area contributed by atoms with Crippen LogP contribution in [-0.4, -0.2) is 28.2 Å². The molecule has 0 aliphatic carbocycles. The Kier molecular flexibility index (Phi) is 4.20. The number of hydrogen-bond acceptors (Lipinski definition) is 7. The molecule has 0 radical (unpaired) electrons. The van der Waals surface area contributed by atoms with Crippen molar-refractivity contribution in [1.29, 1.82) is 0 Å². The van der Waals surface area contributed by atoms with E-state index >= 15 is 0 Å². The van der Waals surface area contributed by atoms with Crippen molar-refractivity contribution in [3.05, 3.63) is 54.3 Å². The van der Waals surface area contributed by atoms with Gasteiger partial charge in [0.15, 0.2) is 5.58 Å². The average Bonchev–Trinajstić information content (AvgIpc) is 3.35. The summed E-state index contributed by atoms with van der Waals surface area (Å²) in [6, 6.07) is 7.89. The maximum absolute atomic E-state index is 5.77. The van der Waals surface area contributed by atoms with Gasteiger partial charge in [-0.3, -0.25) is 4.98 Å². The second kappa shape index (κ2) is 6.84. The molecule has 0 aromatic carbocycles. The maximum atomic E-state index is 5.77. The highest BCUT2D eigenvalue weighted by Gasteiger charge is 2.24. The lowest BCUT2D eigenvalue weighted by molar-refractivity contribution is -0.184. The van der Waals surface area contributed by atoms with E-state index in [0.29, 0.717) is 24.5 Å². The van der Waals surface area contributed by atoms with Crippen LogP contribution in [0.3, 0.4) is 0 Å². The van der Waals surface area contributed by atoms with E-state index < -0.39 is 6.29 Å². The lowest BCUT2D eigenvalue weighted by Crippen LogP contribution is -2.19. The predicted octanol–water partition coefficient (Wildman–Crippen LogP) is 4.76. The number of hydrogen-bond donors (Lipinski definition) is 0. The third kappa shape index (κ3) is 3.03. The van der Waals surface area contributed by atoms with Crippen molar-refractivity contribution in [2.24, 2.45) is 0 Å². The van der Waals surface area contributed by atoms with E-state index in [0.717, 1.165) is 38.6 Å². The molecule has 0 amide bonds. The monoisotopic (exact) mass is 379 g/mol. The van der Waals surface area contributed by atoms with Crippen molar-refractivity contribution in [2.75, 3.05) is 13.2 Å². The zero-order chi connectivity index (χ0) is 18.2. The van der Waals surface area contributed by atoms with Crippen LogP contribution in [0.25, 0.3) is 32.1 Å². The second-order valence-corrected chi connectivity index (χ2v) is 7.33. The Morgan fingerprint density at radius 1 is 1.15 bits per heavy atom. The Labute approximate surface area is 159 Å². The molecule has 7 heteroatoms. The number of nitrogens with zero attached hydrogens (tertiary/aromatic N) is 3. The molecule has 4 aromatic heterocycles. The Hall–Kier alpha value is -2.61. The van der Waals surface area contributed by atoms with Gasteiger partial charge in [-0.1, -0.05) is 0 Å². The summed E-state index contributed by atoms with van der Waals surface area (Å²) in [5.74, 6) is 0. The van der Waals surface area contributed by atoms with Gasteiger partial charge in [0.2, 0.25) is 6.29 Å². The van der Waals surface area contributed by atoms with Gasteiger partial charge in [0.25, 0.3) is 0 Å². The number of thiazole rings is 1. The summed E-state index contributed by atoms with van der Waals surface area (Å²) in [4.78, 5) is 14.8. The summed E-state index contributed by atoms with van der Waals surface area (Å²) in [5.41, 5.74) is 4.18. The number of ether oxygens (including phenoxy) is 2. The molecular weight excluding hydrogens is 362 g/mol. The Morgan fingerprint density at radius 3 is 2.85 bits per heavy atom. The molecule has 1 fully saturated rings. The van der Waals surface area contributed by atoms with Crippen molar-refractivity contribution in [3.8, 4) is 21.1 Å². The molecule has 0 spiro atoms. The summed E-state index contributed by atoms with van der Waals surface area (Å²) in [5, 5.41) is 1.90. The molecule has 0 N–H and O–H groups in total. The molecule has 1 aliphatic rings. The molecule has 5 rings (SSSR count). The Morgan fingerprint density at radius 2 is 2.04 bits per heavy atom. The normalized spacial score (nSPS) is 15.4. The molecule has 0 bridgehead atoms. The molecule has 0 saturated carbocycles. The predicted molar refractivity (Wildman–Crippen MR) is 102 cm³/mol. The van der Waals surface area contributed by atoms with Gasteiger partial charge in [-0.05, 0) is 37.6 Å². The number of rotatable bonds is 3. The summed E-state index contributed by atoms with van der Waals surface area (Å²) < 4.78 is 17.2. The van der Waals surface area contributed by atoms with Gasteiger partial charge in [-0.15, -0.1) is 11.3 Å². The highest BCUT2D eigenvalue weighted by Crippen LogP contribution is 2.37. The fourth-order valence-electron chi connectivity index (χ4n) is 3.17. The van der Waals surface area contributed by atoms with Crippen LogP contribution in [0.15, 0.2) is 47.3 Å². The summed E-state index contributed by atoms with van der Waals surface area (Å²) in [6.45, 7) is 3.31. The minimum absolute atomic E-state index is 0.502.